The largest absolute Gasteiger partial charge is 0.443 e. The number of carbonyl (C=O) groups is 2. The maximum Gasteiger partial charge on any atom is 0.270 e. The van der Waals surface area contributed by atoms with Crippen LogP contribution in [0.25, 0.3) is 11.1 Å². The summed E-state index contributed by atoms with van der Waals surface area (Å²) >= 11 is 0. The first-order valence-corrected chi connectivity index (χ1v) is 8.27. The Morgan fingerprint density at radius 3 is 2.60 bits per heavy atom. The first-order chi connectivity index (χ1) is 12.2. The second kappa shape index (κ2) is 6.43. The Kier molecular flexibility index (Phi) is 3.97. The molecule has 4 rings (SSSR count). The number of aromatic amines is 1. The van der Waals surface area contributed by atoms with Crippen LogP contribution in [-0.2, 0) is 0 Å². The van der Waals surface area contributed by atoms with Gasteiger partial charge in [0, 0.05) is 37.9 Å². The highest BCUT2D eigenvalue weighted by Gasteiger charge is 2.24. The molecule has 25 heavy (non-hydrogen) atoms. The molecule has 0 spiro atoms. The van der Waals surface area contributed by atoms with Gasteiger partial charge in [-0.15, -0.1) is 0 Å². The summed E-state index contributed by atoms with van der Waals surface area (Å²) in [6.07, 6.45) is 3.86. The predicted octanol–water partition coefficient (Wildman–Crippen LogP) is 2.14. The molecular weight excluding hydrogens is 320 g/mol. The fraction of sp³-hybridized carbons (Fsp3) is 0.278. The highest BCUT2D eigenvalue weighted by molar-refractivity contribution is 5.97. The number of oxazole rings is 1. The van der Waals surface area contributed by atoms with E-state index in [1.165, 1.54) is 6.39 Å². The molecule has 1 aromatic carbocycles. The monoisotopic (exact) mass is 338 g/mol. The molecular formula is C18H18N4O3. The van der Waals surface area contributed by atoms with Crippen LogP contribution in [0.3, 0.4) is 0 Å². The zero-order valence-electron chi connectivity index (χ0n) is 13.6. The summed E-state index contributed by atoms with van der Waals surface area (Å²) in [6.45, 7) is 2.30. The van der Waals surface area contributed by atoms with Crippen LogP contribution in [0.1, 0.15) is 27.3 Å². The molecule has 0 saturated carbocycles. The second-order valence-electron chi connectivity index (χ2n) is 6.06. The molecule has 2 amide bonds. The number of benzene rings is 1. The Bertz CT molecular complexity index is 900. The minimum absolute atomic E-state index is 0.0256. The molecule has 3 aromatic rings. The van der Waals surface area contributed by atoms with Gasteiger partial charge in [0.15, 0.2) is 12.0 Å². The molecule has 128 valence electrons. The smallest absolute Gasteiger partial charge is 0.270 e. The Hall–Kier alpha value is -3.09. The van der Waals surface area contributed by atoms with E-state index >= 15 is 0 Å². The van der Waals surface area contributed by atoms with Gasteiger partial charge in [0.05, 0.1) is 0 Å². The minimum atomic E-state index is -0.0486. The van der Waals surface area contributed by atoms with Gasteiger partial charge < -0.3 is 19.2 Å². The van der Waals surface area contributed by atoms with Crippen molar-refractivity contribution in [1.29, 1.82) is 0 Å². The highest BCUT2D eigenvalue weighted by atomic mass is 16.3. The average Bonchev–Trinajstić information content (AvgIpc) is 3.27. The minimum Gasteiger partial charge on any atom is -0.443 e. The van der Waals surface area contributed by atoms with Crippen molar-refractivity contribution in [3.05, 3.63) is 54.2 Å². The molecule has 0 bridgehead atoms. The van der Waals surface area contributed by atoms with Crippen molar-refractivity contribution < 1.29 is 14.0 Å². The lowest BCUT2D eigenvalue weighted by molar-refractivity contribution is 0.0716. The Balaban J connectivity index is 1.46. The third kappa shape index (κ3) is 3.00. The van der Waals surface area contributed by atoms with Crippen LogP contribution in [-0.4, -0.2) is 57.8 Å². The number of aromatic nitrogens is 2. The van der Waals surface area contributed by atoms with Crippen molar-refractivity contribution in [2.45, 2.75) is 6.42 Å². The van der Waals surface area contributed by atoms with Gasteiger partial charge in [0.2, 0.25) is 0 Å². The number of nitrogens with one attached hydrogen (secondary N) is 1. The van der Waals surface area contributed by atoms with Gasteiger partial charge in [0.1, 0.15) is 11.2 Å². The molecule has 3 heterocycles. The lowest BCUT2D eigenvalue weighted by atomic mass is 10.1. The van der Waals surface area contributed by atoms with Crippen LogP contribution in [0.2, 0.25) is 0 Å². The number of amides is 2. The molecule has 1 aliphatic rings. The quantitative estimate of drug-likeness (QED) is 0.776. The molecule has 2 aromatic heterocycles. The van der Waals surface area contributed by atoms with Crippen molar-refractivity contribution in [2.75, 3.05) is 26.2 Å². The maximum atomic E-state index is 12.8. The fourth-order valence-electron chi connectivity index (χ4n) is 3.13. The summed E-state index contributed by atoms with van der Waals surface area (Å²) in [5.41, 5.74) is 2.49. The number of H-pyrrole nitrogens is 1. The summed E-state index contributed by atoms with van der Waals surface area (Å²) in [4.78, 5) is 35.8. The topological polar surface area (TPSA) is 82.4 Å². The Labute approximate surface area is 144 Å². The van der Waals surface area contributed by atoms with Gasteiger partial charge in [0.25, 0.3) is 11.8 Å². The first kappa shape index (κ1) is 15.4. The van der Waals surface area contributed by atoms with E-state index < -0.39 is 0 Å². The SMILES string of the molecule is O=C(c1ccc2ncoc2c1)N1CCCN(C(=O)c2ccc[nH]2)CC1. The van der Waals surface area contributed by atoms with Crippen LogP contribution in [0.4, 0.5) is 0 Å². The molecule has 1 N–H and O–H groups in total. The maximum absolute atomic E-state index is 12.8. The van der Waals surface area contributed by atoms with Gasteiger partial charge in [-0.05, 0) is 36.8 Å². The molecule has 0 aliphatic carbocycles. The Morgan fingerprint density at radius 2 is 1.84 bits per heavy atom. The zero-order chi connectivity index (χ0) is 17.2. The van der Waals surface area contributed by atoms with Gasteiger partial charge in [-0.2, -0.15) is 0 Å². The molecule has 1 fully saturated rings. The number of carbonyl (C=O) groups excluding carboxylic acids is 2. The third-order valence-corrected chi connectivity index (χ3v) is 4.48. The van der Waals surface area contributed by atoms with Gasteiger partial charge >= 0.3 is 0 Å². The van der Waals surface area contributed by atoms with E-state index in [0.29, 0.717) is 43.0 Å². The molecule has 1 aliphatic heterocycles. The van der Waals surface area contributed by atoms with Crippen LogP contribution in [0.5, 0.6) is 0 Å². The van der Waals surface area contributed by atoms with Gasteiger partial charge in [-0.3, -0.25) is 9.59 Å². The summed E-state index contributed by atoms with van der Waals surface area (Å²) in [5.74, 6) is -0.0742. The lowest BCUT2D eigenvalue weighted by Gasteiger charge is -2.22. The zero-order valence-corrected chi connectivity index (χ0v) is 13.6. The van der Waals surface area contributed by atoms with E-state index in [1.807, 2.05) is 0 Å². The van der Waals surface area contributed by atoms with E-state index in [4.69, 9.17) is 4.42 Å². The van der Waals surface area contributed by atoms with Crippen molar-refractivity contribution >= 4 is 22.9 Å². The molecule has 0 atom stereocenters. The molecule has 7 nitrogen and oxygen atoms in total. The van der Waals surface area contributed by atoms with Crippen molar-refractivity contribution in [1.82, 2.24) is 19.8 Å². The predicted molar refractivity (Wildman–Crippen MR) is 91.2 cm³/mol. The summed E-state index contributed by atoms with van der Waals surface area (Å²) < 4.78 is 5.27. The normalized spacial score (nSPS) is 15.4. The first-order valence-electron chi connectivity index (χ1n) is 8.27. The lowest BCUT2D eigenvalue weighted by Crippen LogP contribution is -2.37. The second-order valence-corrected chi connectivity index (χ2v) is 6.06. The third-order valence-electron chi connectivity index (χ3n) is 4.48. The fourth-order valence-corrected chi connectivity index (χ4v) is 3.13. The summed E-state index contributed by atoms with van der Waals surface area (Å²) in [5, 5.41) is 0. The van der Waals surface area contributed by atoms with Gasteiger partial charge in [-0.1, -0.05) is 0 Å². The number of rotatable bonds is 2. The van der Waals surface area contributed by atoms with Crippen LogP contribution in [0, 0.1) is 0 Å². The number of hydrogen-bond acceptors (Lipinski definition) is 4. The molecule has 0 unspecified atom stereocenters. The molecule has 0 radical (unpaired) electrons. The average molecular weight is 338 g/mol. The van der Waals surface area contributed by atoms with Crippen molar-refractivity contribution in [3.63, 3.8) is 0 Å². The standard InChI is InChI=1S/C18H18N4O3/c23-17(13-4-5-14-16(11-13)25-12-20-14)21-7-2-8-22(10-9-21)18(24)15-3-1-6-19-15/h1,3-6,11-12,19H,2,7-10H2. The van der Waals surface area contributed by atoms with Crippen molar-refractivity contribution in [3.8, 4) is 0 Å². The van der Waals surface area contributed by atoms with E-state index in [1.54, 1.807) is 46.3 Å². The van der Waals surface area contributed by atoms with Crippen LogP contribution < -0.4 is 0 Å². The van der Waals surface area contributed by atoms with E-state index in [2.05, 4.69) is 9.97 Å². The van der Waals surface area contributed by atoms with Crippen molar-refractivity contribution in [2.24, 2.45) is 0 Å². The number of nitrogens with zero attached hydrogens (tertiary/aromatic N) is 3. The van der Waals surface area contributed by atoms with E-state index in [9.17, 15) is 9.59 Å². The van der Waals surface area contributed by atoms with Gasteiger partial charge in [-0.25, -0.2) is 4.98 Å². The summed E-state index contributed by atoms with van der Waals surface area (Å²) in [7, 11) is 0. The van der Waals surface area contributed by atoms with E-state index in [0.717, 1.165) is 11.9 Å². The molecule has 1 saturated heterocycles. The number of fused-ring (bicyclic) bond motifs is 1. The van der Waals surface area contributed by atoms with Crippen LogP contribution in [0.15, 0.2) is 47.3 Å². The Morgan fingerprint density at radius 1 is 1.04 bits per heavy atom. The highest BCUT2D eigenvalue weighted by Crippen LogP contribution is 2.17. The summed E-state index contributed by atoms with van der Waals surface area (Å²) in [6, 6.07) is 8.84. The van der Waals surface area contributed by atoms with E-state index in [-0.39, 0.29) is 11.8 Å². The molecule has 7 heteroatoms. The van der Waals surface area contributed by atoms with Crippen LogP contribution >= 0.6 is 0 Å². The number of hydrogen-bond donors (Lipinski definition) is 1.